The molecule has 0 fully saturated rings. The van der Waals surface area contributed by atoms with Crippen LogP contribution in [0, 0.1) is 0 Å². The number of benzene rings is 2. The molecule has 12 nitrogen and oxygen atoms in total. The maximum atomic E-state index is 12.5. The molecule has 2 aromatic carbocycles. The lowest BCUT2D eigenvalue weighted by Gasteiger charge is -2.12. The van der Waals surface area contributed by atoms with E-state index in [0.717, 1.165) is 38.5 Å². The van der Waals surface area contributed by atoms with E-state index in [1.807, 2.05) is 13.8 Å². The summed E-state index contributed by atoms with van der Waals surface area (Å²) in [6, 6.07) is 13.5. The van der Waals surface area contributed by atoms with Gasteiger partial charge >= 0.3 is 31.7 Å². The second kappa shape index (κ2) is 28.7. The highest BCUT2D eigenvalue weighted by Crippen LogP contribution is 2.43. The molecule has 0 heterocycles. The molecule has 57 heavy (non-hydrogen) atoms. The lowest BCUT2D eigenvalue weighted by Crippen LogP contribution is -2.08. The lowest BCUT2D eigenvalue weighted by molar-refractivity contribution is -0.139. The largest absolute Gasteiger partial charge is 0.472 e. The number of hydrogen-bond donors (Lipinski definition) is 1. The fourth-order valence-corrected chi connectivity index (χ4v) is 5.78. The fourth-order valence-electron chi connectivity index (χ4n) is 4.99. The van der Waals surface area contributed by atoms with Crippen LogP contribution < -0.4 is 0 Å². The smallest absolute Gasteiger partial charge is 0.462 e. The first-order chi connectivity index (χ1) is 27.5. The molecule has 312 valence electrons. The Labute approximate surface area is 337 Å². The highest BCUT2D eigenvalue weighted by Gasteiger charge is 2.20. The topological polar surface area (TPSA) is 161 Å². The van der Waals surface area contributed by atoms with Gasteiger partial charge in [-0.25, -0.2) is 23.7 Å². The number of carbonyl (C=O) groups is 4. The number of phosphoric ester groups is 1. The van der Waals surface area contributed by atoms with E-state index < -0.39 is 19.8 Å². The van der Waals surface area contributed by atoms with Gasteiger partial charge in [-0.05, 0) is 98.9 Å². The lowest BCUT2D eigenvalue weighted by atomic mass is 10.1. The first-order valence-corrected chi connectivity index (χ1v) is 21.2. The van der Waals surface area contributed by atoms with Crippen LogP contribution in [0.3, 0.4) is 0 Å². The predicted molar refractivity (Wildman–Crippen MR) is 220 cm³/mol. The molecule has 1 N–H and O–H groups in total. The summed E-state index contributed by atoms with van der Waals surface area (Å²) in [6.07, 6.45) is 14.7. The minimum Gasteiger partial charge on any atom is -0.462 e. The van der Waals surface area contributed by atoms with Crippen molar-refractivity contribution in [2.24, 2.45) is 0 Å². The Hall–Kier alpha value is -4.61. The summed E-state index contributed by atoms with van der Waals surface area (Å²) in [6.45, 7) is 12.7. The van der Waals surface area contributed by atoms with Crippen molar-refractivity contribution in [3.63, 3.8) is 0 Å². The number of phosphoric acid groups is 1. The molecule has 0 saturated carbocycles. The Balaban J connectivity index is 1.53. The monoisotopic (exact) mass is 810 g/mol. The summed E-state index contributed by atoms with van der Waals surface area (Å²) in [4.78, 5) is 59.2. The van der Waals surface area contributed by atoms with Crippen LogP contribution in [0.2, 0.25) is 0 Å². The third kappa shape index (κ3) is 20.9. The summed E-state index contributed by atoms with van der Waals surface area (Å²) >= 11 is 0. The number of carbonyl (C=O) groups excluding carboxylic acids is 4. The van der Waals surface area contributed by atoms with Crippen molar-refractivity contribution in [3.05, 3.63) is 107 Å². The second-order valence-corrected chi connectivity index (χ2v) is 14.5. The molecule has 0 unspecified atom stereocenters. The highest BCUT2D eigenvalue weighted by molar-refractivity contribution is 7.47. The van der Waals surface area contributed by atoms with Crippen LogP contribution in [0.1, 0.15) is 123 Å². The third-order valence-electron chi connectivity index (χ3n) is 8.36. The van der Waals surface area contributed by atoms with Gasteiger partial charge < -0.3 is 23.8 Å². The van der Waals surface area contributed by atoms with E-state index in [-0.39, 0.29) is 49.5 Å². The van der Waals surface area contributed by atoms with Crippen molar-refractivity contribution in [2.75, 3.05) is 39.6 Å². The van der Waals surface area contributed by atoms with E-state index >= 15 is 0 Å². The van der Waals surface area contributed by atoms with Crippen molar-refractivity contribution >= 4 is 43.9 Å². The molecule has 0 atom stereocenters. The Kier molecular flexibility index (Phi) is 24.5. The maximum Gasteiger partial charge on any atom is 0.472 e. The van der Waals surface area contributed by atoms with Gasteiger partial charge in [-0.2, -0.15) is 0 Å². The summed E-state index contributed by atoms with van der Waals surface area (Å²) in [5.74, 6) is -1.78. The van der Waals surface area contributed by atoms with Crippen molar-refractivity contribution < 1.29 is 56.6 Å². The van der Waals surface area contributed by atoms with E-state index in [2.05, 4.69) is 13.2 Å². The van der Waals surface area contributed by atoms with Gasteiger partial charge in [-0.15, -0.1) is 0 Å². The fraction of sp³-hybridized carbons (Fsp3) is 0.455. The molecule has 2 rings (SSSR count). The summed E-state index contributed by atoms with van der Waals surface area (Å²) in [5.41, 5.74) is 2.88. The van der Waals surface area contributed by atoms with Crippen LogP contribution in [0.25, 0.3) is 12.2 Å². The third-order valence-corrected chi connectivity index (χ3v) is 9.38. The zero-order valence-electron chi connectivity index (χ0n) is 33.5. The molecule has 0 aliphatic rings. The zero-order valence-corrected chi connectivity index (χ0v) is 34.3. The zero-order chi connectivity index (χ0) is 41.7. The Morgan fingerprint density at radius 3 is 1.19 bits per heavy atom. The van der Waals surface area contributed by atoms with Gasteiger partial charge in [0.05, 0.1) is 61.9 Å². The second-order valence-electron chi connectivity index (χ2n) is 13.1. The van der Waals surface area contributed by atoms with Gasteiger partial charge in [0, 0.05) is 0 Å². The van der Waals surface area contributed by atoms with Crippen molar-refractivity contribution in [1.29, 1.82) is 0 Å². The van der Waals surface area contributed by atoms with Crippen molar-refractivity contribution in [1.82, 2.24) is 0 Å². The molecule has 13 heteroatoms. The van der Waals surface area contributed by atoms with E-state index in [9.17, 15) is 28.6 Å². The van der Waals surface area contributed by atoms with Crippen LogP contribution >= 0.6 is 7.82 Å². The summed E-state index contributed by atoms with van der Waals surface area (Å²) in [5, 5.41) is 0. The average Bonchev–Trinajstić information content (AvgIpc) is 3.21. The van der Waals surface area contributed by atoms with E-state index in [1.165, 1.54) is 12.2 Å². The van der Waals surface area contributed by atoms with Crippen LogP contribution in [-0.2, 0) is 42.1 Å². The SMILES string of the molecule is C=CC(=Cc1ccc(C(=O)OCCCC)cc1)C(=O)OCCCCCCOP(=O)(O)OCCCCCCOC(=O)C(C=C)=Cc1ccc(C(=O)OCCCC)cc1. The predicted octanol–water partition coefficient (Wildman–Crippen LogP) is 9.78. The molecule has 0 radical (unpaired) electrons. The Morgan fingerprint density at radius 2 is 0.860 bits per heavy atom. The Bertz CT molecular complexity index is 1540. The molecule has 0 spiro atoms. The minimum absolute atomic E-state index is 0.0533. The van der Waals surface area contributed by atoms with Gasteiger partial charge in [-0.3, -0.25) is 9.05 Å². The number of unbranched alkanes of at least 4 members (excludes halogenated alkanes) is 8. The number of esters is 4. The van der Waals surface area contributed by atoms with Gasteiger partial charge in [0.15, 0.2) is 0 Å². The molecule has 0 aromatic heterocycles. The first kappa shape index (κ1) is 48.5. The molecular formula is C44H59O12P. The number of hydrogen-bond acceptors (Lipinski definition) is 11. The minimum atomic E-state index is -4.17. The van der Waals surface area contributed by atoms with Gasteiger partial charge in [0.25, 0.3) is 0 Å². The van der Waals surface area contributed by atoms with E-state index in [0.29, 0.717) is 74.0 Å². The molecule has 0 aliphatic heterocycles. The van der Waals surface area contributed by atoms with Crippen LogP contribution in [-0.4, -0.2) is 68.4 Å². The van der Waals surface area contributed by atoms with Gasteiger partial charge in [0.2, 0.25) is 0 Å². The van der Waals surface area contributed by atoms with E-state index in [1.54, 1.807) is 60.7 Å². The normalized spacial score (nSPS) is 12.6. The molecule has 0 saturated heterocycles. The highest BCUT2D eigenvalue weighted by atomic mass is 31.2. The van der Waals surface area contributed by atoms with Crippen LogP contribution in [0.15, 0.2) is 85.0 Å². The molecular weight excluding hydrogens is 751 g/mol. The van der Waals surface area contributed by atoms with Gasteiger partial charge in [0.1, 0.15) is 0 Å². The molecule has 0 amide bonds. The first-order valence-electron chi connectivity index (χ1n) is 19.7. The number of rotatable bonds is 30. The maximum absolute atomic E-state index is 12.5. The van der Waals surface area contributed by atoms with Crippen LogP contribution in [0.4, 0.5) is 0 Å². The molecule has 0 bridgehead atoms. The average molecular weight is 811 g/mol. The van der Waals surface area contributed by atoms with E-state index in [4.69, 9.17) is 28.0 Å². The number of ether oxygens (including phenoxy) is 4. The van der Waals surface area contributed by atoms with Crippen molar-refractivity contribution in [2.45, 2.75) is 90.9 Å². The van der Waals surface area contributed by atoms with Gasteiger partial charge in [-0.1, -0.05) is 89.1 Å². The van der Waals surface area contributed by atoms with Crippen LogP contribution in [0.5, 0.6) is 0 Å². The Morgan fingerprint density at radius 1 is 0.526 bits per heavy atom. The summed E-state index contributed by atoms with van der Waals surface area (Å²) in [7, 11) is -4.17. The van der Waals surface area contributed by atoms with Crippen molar-refractivity contribution in [3.8, 4) is 0 Å². The summed E-state index contributed by atoms with van der Waals surface area (Å²) < 4.78 is 43.5. The molecule has 2 aromatic rings. The molecule has 0 aliphatic carbocycles. The standard InChI is InChI=1S/C44H59O12P/c1-5-9-27-51-43(47)39-23-19-35(20-24-39)33-37(7-3)41(45)53-29-15-11-13-17-31-55-57(49,50)56-32-18-14-12-16-30-54-42(46)38(8-4)34-36-21-25-40(26-22-36)44(48)52-28-10-6-2/h7-8,19-26,33-34H,3-6,9-18,27-32H2,1-2H3,(H,49,50). The quantitative estimate of drug-likeness (QED) is 0.0199.